The first-order valence-electron chi connectivity index (χ1n) is 6.29. The van der Waals surface area contributed by atoms with E-state index >= 15 is 0 Å². The van der Waals surface area contributed by atoms with Crippen molar-refractivity contribution in [3.05, 3.63) is 48.0 Å². The quantitative estimate of drug-likeness (QED) is 0.751. The Bertz CT molecular complexity index is 621. The van der Waals surface area contributed by atoms with Crippen LogP contribution in [-0.2, 0) is 0 Å². The van der Waals surface area contributed by atoms with Gasteiger partial charge in [-0.05, 0) is 16.3 Å². The van der Waals surface area contributed by atoms with Gasteiger partial charge in [-0.15, -0.1) is 0 Å². The lowest BCUT2D eigenvalue weighted by Crippen LogP contribution is -2.43. The molecule has 4 N–H and O–H groups in total. The molecule has 0 spiro atoms. The van der Waals surface area contributed by atoms with Crippen molar-refractivity contribution in [3.8, 4) is 0 Å². The van der Waals surface area contributed by atoms with Crippen LogP contribution < -0.4 is 16.6 Å². The summed E-state index contributed by atoms with van der Waals surface area (Å²) in [6, 6.07) is 11.0. The van der Waals surface area contributed by atoms with Crippen LogP contribution in [0.4, 0.5) is 13.2 Å². The van der Waals surface area contributed by atoms with Gasteiger partial charge in [0.1, 0.15) is 6.04 Å². The molecule has 0 saturated carbocycles. The molecule has 3 rings (SSSR count). The maximum Gasteiger partial charge on any atom is 0.405 e. The van der Waals surface area contributed by atoms with E-state index in [-0.39, 0.29) is 0 Å². The lowest BCUT2D eigenvalue weighted by Gasteiger charge is -2.24. The molecule has 1 aliphatic heterocycles. The molecule has 1 heterocycles. The summed E-state index contributed by atoms with van der Waals surface area (Å²) in [7, 11) is 0. The summed E-state index contributed by atoms with van der Waals surface area (Å²) >= 11 is 0. The molecule has 6 heteroatoms. The monoisotopic (exact) mass is 281 g/mol. The Kier molecular flexibility index (Phi) is 3.16. The highest BCUT2D eigenvalue weighted by Gasteiger charge is 2.51. The summed E-state index contributed by atoms with van der Waals surface area (Å²) in [6.07, 6.45) is -5.14. The zero-order valence-corrected chi connectivity index (χ0v) is 10.5. The molecule has 1 fully saturated rings. The second-order valence-corrected chi connectivity index (χ2v) is 4.93. The molecule has 0 radical (unpaired) electrons. The van der Waals surface area contributed by atoms with Crippen LogP contribution >= 0.6 is 0 Å². The molecule has 0 aliphatic carbocycles. The summed E-state index contributed by atoms with van der Waals surface area (Å²) in [5, 5.41) is 1.71. The highest BCUT2D eigenvalue weighted by Crippen LogP contribution is 2.38. The van der Waals surface area contributed by atoms with E-state index in [0.29, 0.717) is 5.56 Å². The van der Waals surface area contributed by atoms with Crippen LogP contribution in [-0.4, -0.2) is 18.4 Å². The lowest BCUT2D eigenvalue weighted by atomic mass is 9.87. The first kappa shape index (κ1) is 13.4. The molecule has 3 nitrogen and oxygen atoms in total. The zero-order chi connectivity index (χ0) is 14.3. The molecule has 2 aromatic rings. The van der Waals surface area contributed by atoms with Gasteiger partial charge in [-0.25, -0.2) is 10.9 Å². The average Bonchev–Trinajstić information content (AvgIpc) is 2.80. The predicted molar refractivity (Wildman–Crippen MR) is 70.8 cm³/mol. The molecular formula is C14H14F3N3. The molecule has 0 aromatic heterocycles. The number of hydrogen-bond acceptors (Lipinski definition) is 3. The number of hydrogen-bond donors (Lipinski definition) is 3. The third-order valence-corrected chi connectivity index (χ3v) is 3.69. The van der Waals surface area contributed by atoms with E-state index in [1.54, 1.807) is 12.1 Å². The van der Waals surface area contributed by atoms with Crippen molar-refractivity contribution >= 4 is 10.8 Å². The second-order valence-electron chi connectivity index (χ2n) is 4.93. The van der Waals surface area contributed by atoms with Gasteiger partial charge in [-0.1, -0.05) is 42.5 Å². The van der Waals surface area contributed by atoms with E-state index in [0.717, 1.165) is 10.8 Å². The van der Waals surface area contributed by atoms with Gasteiger partial charge in [0.25, 0.3) is 0 Å². The van der Waals surface area contributed by atoms with Crippen molar-refractivity contribution in [1.29, 1.82) is 0 Å². The second kappa shape index (κ2) is 4.73. The average molecular weight is 281 g/mol. The number of nitrogens with two attached hydrogens (primary N) is 1. The van der Waals surface area contributed by atoms with E-state index in [9.17, 15) is 13.2 Å². The van der Waals surface area contributed by atoms with Crippen molar-refractivity contribution in [1.82, 2.24) is 10.9 Å². The lowest BCUT2D eigenvalue weighted by molar-refractivity contribution is -0.156. The number of rotatable bonds is 1. The number of hydrazine groups is 1. The summed E-state index contributed by atoms with van der Waals surface area (Å²) in [5.74, 6) is -0.860. The topological polar surface area (TPSA) is 50.1 Å². The Labute approximate surface area is 113 Å². The zero-order valence-electron chi connectivity index (χ0n) is 10.5. The predicted octanol–water partition coefficient (Wildman–Crippen LogP) is 2.25. The molecule has 1 aliphatic rings. The Morgan fingerprint density at radius 3 is 2.40 bits per heavy atom. The Morgan fingerprint density at radius 2 is 1.65 bits per heavy atom. The molecule has 0 amide bonds. The molecular weight excluding hydrogens is 267 g/mol. The van der Waals surface area contributed by atoms with Gasteiger partial charge in [0.05, 0.1) is 6.17 Å². The van der Waals surface area contributed by atoms with Crippen LogP contribution in [0.25, 0.3) is 10.8 Å². The van der Waals surface area contributed by atoms with Crippen LogP contribution in [0.5, 0.6) is 0 Å². The number of alkyl halides is 3. The van der Waals surface area contributed by atoms with Crippen LogP contribution in [0.3, 0.4) is 0 Å². The normalized spacial score (nSPS) is 27.1. The molecule has 2 aromatic carbocycles. The maximum atomic E-state index is 13.1. The minimum absolute atomic E-state index is 0.607. The minimum atomic E-state index is -4.36. The Balaban J connectivity index is 2.13. The number of benzene rings is 2. The maximum absolute atomic E-state index is 13.1. The first-order chi connectivity index (χ1) is 9.48. The van der Waals surface area contributed by atoms with Gasteiger partial charge in [-0.2, -0.15) is 13.2 Å². The molecule has 3 atom stereocenters. The van der Waals surface area contributed by atoms with Crippen molar-refractivity contribution in [3.63, 3.8) is 0 Å². The number of nitrogens with one attached hydrogen (secondary N) is 2. The molecule has 1 saturated heterocycles. The standard InChI is InChI=1S/C14H14F3N3/c15-14(16,17)12-11(13(18)20-19-12)10-7-3-5-8-4-1-2-6-9(8)10/h1-7,11-13,19-20H,18H2. The van der Waals surface area contributed by atoms with Crippen molar-refractivity contribution < 1.29 is 13.2 Å². The van der Waals surface area contributed by atoms with E-state index in [4.69, 9.17) is 5.73 Å². The third-order valence-electron chi connectivity index (χ3n) is 3.69. The van der Waals surface area contributed by atoms with E-state index in [2.05, 4.69) is 10.9 Å². The Hall–Kier alpha value is -1.63. The largest absolute Gasteiger partial charge is 0.405 e. The van der Waals surface area contributed by atoms with Crippen molar-refractivity contribution in [2.45, 2.75) is 24.3 Å². The fourth-order valence-corrected chi connectivity index (χ4v) is 2.77. The fourth-order valence-electron chi connectivity index (χ4n) is 2.77. The summed E-state index contributed by atoms with van der Waals surface area (Å²) in [4.78, 5) is 0. The summed E-state index contributed by atoms with van der Waals surface area (Å²) in [5.41, 5.74) is 11.2. The highest BCUT2D eigenvalue weighted by atomic mass is 19.4. The number of fused-ring (bicyclic) bond motifs is 1. The SMILES string of the molecule is NC1NNC(C(F)(F)F)C1c1cccc2ccccc12. The van der Waals surface area contributed by atoms with Crippen LogP contribution in [0.1, 0.15) is 11.5 Å². The van der Waals surface area contributed by atoms with Gasteiger partial charge in [-0.3, -0.25) is 0 Å². The van der Waals surface area contributed by atoms with Gasteiger partial charge >= 0.3 is 6.18 Å². The molecule has 3 unspecified atom stereocenters. The number of halogens is 3. The van der Waals surface area contributed by atoms with Crippen molar-refractivity contribution in [2.75, 3.05) is 0 Å². The van der Waals surface area contributed by atoms with Crippen LogP contribution in [0, 0.1) is 0 Å². The van der Waals surface area contributed by atoms with Crippen LogP contribution in [0.2, 0.25) is 0 Å². The first-order valence-corrected chi connectivity index (χ1v) is 6.29. The molecule has 0 bridgehead atoms. The van der Waals surface area contributed by atoms with E-state index < -0.39 is 24.3 Å². The van der Waals surface area contributed by atoms with Gasteiger partial charge in [0, 0.05) is 5.92 Å². The van der Waals surface area contributed by atoms with E-state index in [1.807, 2.05) is 30.3 Å². The highest BCUT2D eigenvalue weighted by molar-refractivity contribution is 5.86. The molecule has 20 heavy (non-hydrogen) atoms. The summed E-state index contributed by atoms with van der Waals surface area (Å²) < 4.78 is 39.3. The van der Waals surface area contributed by atoms with E-state index in [1.165, 1.54) is 0 Å². The van der Waals surface area contributed by atoms with Crippen molar-refractivity contribution in [2.24, 2.45) is 5.73 Å². The van der Waals surface area contributed by atoms with Gasteiger partial charge in [0.2, 0.25) is 0 Å². The van der Waals surface area contributed by atoms with Gasteiger partial charge < -0.3 is 5.73 Å². The molecule has 106 valence electrons. The van der Waals surface area contributed by atoms with Crippen LogP contribution in [0.15, 0.2) is 42.5 Å². The smallest absolute Gasteiger partial charge is 0.314 e. The summed E-state index contributed by atoms with van der Waals surface area (Å²) in [6.45, 7) is 0. The minimum Gasteiger partial charge on any atom is -0.314 e. The fraction of sp³-hybridized carbons (Fsp3) is 0.286. The third kappa shape index (κ3) is 2.15. The Morgan fingerprint density at radius 1 is 0.950 bits per heavy atom. The van der Waals surface area contributed by atoms with Gasteiger partial charge in [0.15, 0.2) is 0 Å².